The Morgan fingerprint density at radius 1 is 1.15 bits per heavy atom. The zero-order chi connectivity index (χ0) is 13.9. The molecule has 2 heterocycles. The molecule has 3 aromatic rings. The smallest absolute Gasteiger partial charge is 0.256 e. The number of benzene rings is 1. The van der Waals surface area contributed by atoms with Crippen LogP contribution in [0, 0.1) is 6.92 Å². The van der Waals surface area contributed by atoms with Crippen LogP contribution in [0.2, 0.25) is 5.28 Å². The van der Waals surface area contributed by atoms with E-state index in [1.165, 1.54) is 4.68 Å². The van der Waals surface area contributed by atoms with Crippen LogP contribution in [0.3, 0.4) is 0 Å². The van der Waals surface area contributed by atoms with E-state index in [1.54, 1.807) is 18.5 Å². The van der Waals surface area contributed by atoms with E-state index in [9.17, 15) is 0 Å². The van der Waals surface area contributed by atoms with Crippen LogP contribution in [0.1, 0.15) is 5.56 Å². The third kappa shape index (κ3) is 2.75. The first-order valence-corrected chi connectivity index (χ1v) is 6.34. The van der Waals surface area contributed by atoms with Crippen LogP contribution in [0.5, 0.6) is 0 Å². The van der Waals surface area contributed by atoms with Gasteiger partial charge in [0.05, 0.1) is 0 Å². The predicted molar refractivity (Wildman–Crippen MR) is 76.4 cm³/mol. The van der Waals surface area contributed by atoms with Crippen LogP contribution >= 0.6 is 11.6 Å². The topological polar surface area (TPSA) is 68.5 Å². The molecule has 7 heteroatoms. The zero-order valence-electron chi connectivity index (χ0n) is 10.7. The van der Waals surface area contributed by atoms with Crippen molar-refractivity contribution < 1.29 is 0 Å². The first kappa shape index (κ1) is 12.6. The fourth-order valence-corrected chi connectivity index (χ4v) is 1.89. The maximum atomic E-state index is 5.92. The van der Waals surface area contributed by atoms with Crippen LogP contribution in [0.4, 0.5) is 11.6 Å². The van der Waals surface area contributed by atoms with E-state index in [2.05, 4.69) is 25.4 Å². The second kappa shape index (κ2) is 5.26. The SMILES string of the molecule is Cc1cccc(Nc2nc(Cl)nc(-n3cccn3)n2)c1. The van der Waals surface area contributed by atoms with Crippen LogP contribution in [-0.2, 0) is 0 Å². The predicted octanol–water partition coefficient (Wildman–Crippen LogP) is 2.76. The molecular formula is C13H11ClN6. The summed E-state index contributed by atoms with van der Waals surface area (Å²) < 4.78 is 1.52. The average molecular weight is 287 g/mol. The van der Waals surface area contributed by atoms with Gasteiger partial charge >= 0.3 is 0 Å². The Balaban J connectivity index is 1.94. The van der Waals surface area contributed by atoms with Gasteiger partial charge in [0.25, 0.3) is 5.95 Å². The van der Waals surface area contributed by atoms with E-state index in [0.717, 1.165) is 11.3 Å². The van der Waals surface area contributed by atoms with Gasteiger partial charge in [-0.1, -0.05) is 12.1 Å². The maximum Gasteiger partial charge on any atom is 0.256 e. The first-order valence-electron chi connectivity index (χ1n) is 5.96. The molecule has 100 valence electrons. The fraction of sp³-hybridized carbons (Fsp3) is 0.0769. The monoisotopic (exact) mass is 286 g/mol. The Morgan fingerprint density at radius 3 is 2.80 bits per heavy atom. The molecule has 20 heavy (non-hydrogen) atoms. The quantitative estimate of drug-likeness (QED) is 0.802. The molecule has 1 aromatic carbocycles. The van der Waals surface area contributed by atoms with E-state index in [4.69, 9.17) is 11.6 Å². The minimum absolute atomic E-state index is 0.112. The van der Waals surface area contributed by atoms with Crippen molar-refractivity contribution in [3.05, 3.63) is 53.6 Å². The Morgan fingerprint density at radius 2 is 2.05 bits per heavy atom. The summed E-state index contributed by atoms with van der Waals surface area (Å²) in [6.07, 6.45) is 3.38. The number of hydrogen-bond acceptors (Lipinski definition) is 5. The minimum Gasteiger partial charge on any atom is -0.324 e. The number of hydrogen-bond donors (Lipinski definition) is 1. The summed E-state index contributed by atoms with van der Waals surface area (Å²) in [5.41, 5.74) is 2.03. The lowest BCUT2D eigenvalue weighted by Gasteiger charge is -2.07. The van der Waals surface area contributed by atoms with Gasteiger partial charge in [0.15, 0.2) is 0 Å². The molecule has 6 nitrogen and oxygen atoms in total. The van der Waals surface area contributed by atoms with Gasteiger partial charge in [0.1, 0.15) is 0 Å². The van der Waals surface area contributed by atoms with Gasteiger partial charge in [0, 0.05) is 18.1 Å². The van der Waals surface area contributed by atoms with E-state index < -0.39 is 0 Å². The summed E-state index contributed by atoms with van der Waals surface area (Å²) in [6.45, 7) is 2.01. The molecule has 0 amide bonds. The molecular weight excluding hydrogens is 276 g/mol. The van der Waals surface area contributed by atoms with Crippen molar-refractivity contribution in [2.45, 2.75) is 6.92 Å². The van der Waals surface area contributed by atoms with Gasteiger partial charge in [0.2, 0.25) is 11.2 Å². The van der Waals surface area contributed by atoms with E-state index in [0.29, 0.717) is 11.9 Å². The standard InChI is InChI=1S/C13H11ClN6/c1-9-4-2-5-10(8-9)16-12-17-11(14)18-13(19-12)20-7-3-6-15-20/h2-8H,1H3,(H,16,17,18,19). The van der Waals surface area contributed by atoms with Gasteiger partial charge in [-0.2, -0.15) is 20.1 Å². The highest BCUT2D eigenvalue weighted by atomic mass is 35.5. The molecule has 3 rings (SSSR count). The molecule has 0 aliphatic heterocycles. The van der Waals surface area contributed by atoms with Crippen molar-refractivity contribution in [1.29, 1.82) is 0 Å². The van der Waals surface area contributed by atoms with Gasteiger partial charge in [-0.05, 0) is 42.3 Å². The average Bonchev–Trinajstić information content (AvgIpc) is 2.91. The fourth-order valence-electron chi connectivity index (χ4n) is 1.74. The highest BCUT2D eigenvalue weighted by Crippen LogP contribution is 2.16. The first-order chi connectivity index (χ1) is 9.70. The summed E-state index contributed by atoms with van der Waals surface area (Å²) in [6, 6.07) is 9.67. The normalized spacial score (nSPS) is 10.5. The van der Waals surface area contributed by atoms with E-state index in [1.807, 2.05) is 31.2 Å². The third-order valence-electron chi connectivity index (χ3n) is 2.58. The highest BCUT2D eigenvalue weighted by Gasteiger charge is 2.07. The Kier molecular flexibility index (Phi) is 3.30. The molecule has 0 spiro atoms. The Hall–Kier alpha value is -2.47. The Labute approximate surface area is 120 Å². The van der Waals surface area contributed by atoms with Crippen molar-refractivity contribution in [2.75, 3.05) is 5.32 Å². The second-order valence-corrected chi connectivity index (χ2v) is 4.51. The largest absolute Gasteiger partial charge is 0.324 e. The molecule has 0 saturated heterocycles. The van der Waals surface area contributed by atoms with Gasteiger partial charge < -0.3 is 5.32 Å². The summed E-state index contributed by atoms with van der Waals surface area (Å²) in [4.78, 5) is 12.4. The summed E-state index contributed by atoms with van der Waals surface area (Å²) in [5.74, 6) is 0.742. The summed E-state index contributed by atoms with van der Waals surface area (Å²) >= 11 is 5.92. The van der Waals surface area contributed by atoms with Gasteiger partial charge in [-0.15, -0.1) is 0 Å². The highest BCUT2D eigenvalue weighted by molar-refractivity contribution is 6.28. The molecule has 2 aromatic heterocycles. The van der Waals surface area contributed by atoms with Crippen molar-refractivity contribution in [1.82, 2.24) is 24.7 Å². The van der Waals surface area contributed by atoms with Crippen molar-refractivity contribution in [2.24, 2.45) is 0 Å². The lowest BCUT2D eigenvalue weighted by atomic mass is 10.2. The van der Waals surface area contributed by atoms with Crippen LogP contribution in [0.15, 0.2) is 42.7 Å². The number of aromatic nitrogens is 5. The lowest BCUT2D eigenvalue weighted by Crippen LogP contribution is -2.06. The molecule has 0 aliphatic carbocycles. The summed E-state index contributed by atoms with van der Waals surface area (Å²) in [7, 11) is 0. The van der Waals surface area contributed by atoms with Gasteiger partial charge in [-0.3, -0.25) is 0 Å². The number of halogens is 1. The van der Waals surface area contributed by atoms with Crippen molar-refractivity contribution in [3.63, 3.8) is 0 Å². The number of nitrogens with zero attached hydrogens (tertiary/aromatic N) is 5. The van der Waals surface area contributed by atoms with Gasteiger partial charge in [-0.25, -0.2) is 4.68 Å². The number of anilines is 2. The molecule has 0 radical (unpaired) electrons. The summed E-state index contributed by atoms with van der Waals surface area (Å²) in [5, 5.41) is 7.28. The second-order valence-electron chi connectivity index (χ2n) is 4.17. The van der Waals surface area contributed by atoms with Crippen LogP contribution in [-0.4, -0.2) is 24.7 Å². The molecule has 0 unspecified atom stereocenters. The third-order valence-corrected chi connectivity index (χ3v) is 2.75. The molecule has 0 fully saturated rings. The van der Waals surface area contributed by atoms with E-state index >= 15 is 0 Å². The zero-order valence-corrected chi connectivity index (χ0v) is 11.4. The lowest BCUT2D eigenvalue weighted by molar-refractivity contribution is 0.798. The molecule has 0 atom stereocenters. The van der Waals surface area contributed by atoms with E-state index in [-0.39, 0.29) is 5.28 Å². The molecule has 0 bridgehead atoms. The Bertz CT molecular complexity index is 725. The van der Waals surface area contributed by atoms with Crippen molar-refractivity contribution in [3.8, 4) is 5.95 Å². The molecule has 1 N–H and O–H groups in total. The number of rotatable bonds is 3. The number of aryl methyl sites for hydroxylation is 1. The molecule has 0 aliphatic rings. The van der Waals surface area contributed by atoms with Crippen LogP contribution < -0.4 is 5.32 Å². The minimum atomic E-state index is 0.112. The number of nitrogens with one attached hydrogen (secondary N) is 1. The maximum absolute atomic E-state index is 5.92. The van der Waals surface area contributed by atoms with Crippen LogP contribution in [0.25, 0.3) is 5.95 Å². The van der Waals surface area contributed by atoms with Crippen molar-refractivity contribution >= 4 is 23.2 Å². The molecule has 0 saturated carbocycles.